The fourth-order valence-corrected chi connectivity index (χ4v) is 3.98. The third-order valence-electron chi connectivity index (χ3n) is 5.19. The Labute approximate surface area is 156 Å². The molecule has 0 aromatic heterocycles. The smallest absolute Gasteiger partial charge is 0.245 e. The van der Waals surface area contributed by atoms with Gasteiger partial charge in [0.05, 0.1) is 0 Å². The SMILES string of the molecule is CC(C)(C)CN1CCN(C(=O)C2CCC(=O)N2Cc2ccccc2)CC1. The minimum absolute atomic E-state index is 0.0959. The Morgan fingerprint density at radius 3 is 2.35 bits per heavy atom. The highest BCUT2D eigenvalue weighted by molar-refractivity contribution is 5.91. The second kappa shape index (κ2) is 7.78. The lowest BCUT2D eigenvalue weighted by Gasteiger charge is -2.39. The highest BCUT2D eigenvalue weighted by Gasteiger charge is 2.38. The number of hydrogen-bond acceptors (Lipinski definition) is 3. The van der Waals surface area contributed by atoms with E-state index in [0.717, 1.165) is 38.3 Å². The van der Waals surface area contributed by atoms with Gasteiger partial charge in [0, 0.05) is 45.7 Å². The average molecular weight is 357 g/mol. The van der Waals surface area contributed by atoms with Gasteiger partial charge < -0.3 is 9.80 Å². The van der Waals surface area contributed by atoms with E-state index in [1.54, 1.807) is 4.90 Å². The van der Waals surface area contributed by atoms with Gasteiger partial charge in [-0.2, -0.15) is 0 Å². The Balaban J connectivity index is 1.59. The van der Waals surface area contributed by atoms with Crippen molar-refractivity contribution in [3.63, 3.8) is 0 Å². The molecule has 26 heavy (non-hydrogen) atoms. The van der Waals surface area contributed by atoms with Crippen LogP contribution in [0.15, 0.2) is 30.3 Å². The van der Waals surface area contributed by atoms with Gasteiger partial charge >= 0.3 is 0 Å². The zero-order valence-electron chi connectivity index (χ0n) is 16.3. The van der Waals surface area contributed by atoms with Crippen LogP contribution in [0.3, 0.4) is 0 Å². The highest BCUT2D eigenvalue weighted by Crippen LogP contribution is 2.24. The molecule has 3 rings (SSSR count). The van der Waals surface area contributed by atoms with Crippen molar-refractivity contribution in [1.29, 1.82) is 0 Å². The molecule has 1 aromatic carbocycles. The Morgan fingerprint density at radius 1 is 1.08 bits per heavy atom. The van der Waals surface area contributed by atoms with Crippen molar-refractivity contribution in [2.75, 3.05) is 32.7 Å². The van der Waals surface area contributed by atoms with Crippen LogP contribution in [0.4, 0.5) is 0 Å². The molecule has 0 radical (unpaired) electrons. The van der Waals surface area contributed by atoms with E-state index in [4.69, 9.17) is 0 Å². The summed E-state index contributed by atoms with van der Waals surface area (Å²) in [6, 6.07) is 9.64. The third kappa shape index (κ3) is 4.64. The minimum atomic E-state index is -0.295. The van der Waals surface area contributed by atoms with E-state index in [1.807, 2.05) is 35.2 Å². The van der Waals surface area contributed by atoms with Gasteiger partial charge in [-0.05, 0) is 17.4 Å². The van der Waals surface area contributed by atoms with E-state index >= 15 is 0 Å². The predicted molar refractivity (Wildman–Crippen MR) is 102 cm³/mol. The zero-order chi connectivity index (χ0) is 18.7. The Bertz CT molecular complexity index is 630. The summed E-state index contributed by atoms with van der Waals surface area (Å²) in [7, 11) is 0. The number of carbonyl (C=O) groups excluding carboxylic acids is 2. The lowest BCUT2D eigenvalue weighted by molar-refractivity contribution is -0.143. The van der Waals surface area contributed by atoms with Crippen LogP contribution in [-0.4, -0.2) is 65.3 Å². The zero-order valence-corrected chi connectivity index (χ0v) is 16.3. The first kappa shape index (κ1) is 18.9. The number of piperazine rings is 1. The summed E-state index contributed by atoms with van der Waals surface area (Å²) in [4.78, 5) is 31.6. The van der Waals surface area contributed by atoms with Crippen LogP contribution in [0.5, 0.6) is 0 Å². The van der Waals surface area contributed by atoms with Gasteiger partial charge in [-0.1, -0.05) is 51.1 Å². The molecule has 142 valence electrons. The molecule has 5 heteroatoms. The summed E-state index contributed by atoms with van der Waals surface area (Å²) in [6.07, 6.45) is 1.12. The molecule has 2 aliphatic heterocycles. The molecule has 2 saturated heterocycles. The van der Waals surface area contributed by atoms with Crippen LogP contribution in [0, 0.1) is 5.41 Å². The van der Waals surface area contributed by atoms with Crippen molar-refractivity contribution in [3.05, 3.63) is 35.9 Å². The maximum Gasteiger partial charge on any atom is 0.245 e. The van der Waals surface area contributed by atoms with Crippen molar-refractivity contribution in [2.24, 2.45) is 5.41 Å². The average Bonchev–Trinajstić information content (AvgIpc) is 2.95. The second-order valence-electron chi connectivity index (χ2n) is 8.72. The molecule has 1 atom stereocenters. The maximum atomic E-state index is 13.1. The summed E-state index contributed by atoms with van der Waals surface area (Å²) < 4.78 is 0. The number of benzene rings is 1. The molecule has 2 heterocycles. The molecule has 2 aliphatic rings. The largest absolute Gasteiger partial charge is 0.338 e. The van der Waals surface area contributed by atoms with Crippen LogP contribution in [-0.2, 0) is 16.1 Å². The van der Waals surface area contributed by atoms with Crippen molar-refractivity contribution in [2.45, 2.75) is 46.2 Å². The molecule has 0 spiro atoms. The molecular weight excluding hydrogens is 326 g/mol. The summed E-state index contributed by atoms with van der Waals surface area (Å²) in [5, 5.41) is 0. The van der Waals surface area contributed by atoms with E-state index < -0.39 is 0 Å². The van der Waals surface area contributed by atoms with Crippen LogP contribution >= 0.6 is 0 Å². The lowest BCUT2D eigenvalue weighted by atomic mass is 9.96. The highest BCUT2D eigenvalue weighted by atomic mass is 16.2. The van der Waals surface area contributed by atoms with Crippen LogP contribution < -0.4 is 0 Å². The van der Waals surface area contributed by atoms with E-state index in [9.17, 15) is 9.59 Å². The molecule has 1 unspecified atom stereocenters. The van der Waals surface area contributed by atoms with Gasteiger partial charge in [-0.25, -0.2) is 0 Å². The van der Waals surface area contributed by atoms with E-state index in [2.05, 4.69) is 25.7 Å². The van der Waals surface area contributed by atoms with Gasteiger partial charge in [0.15, 0.2) is 0 Å². The number of amides is 2. The lowest BCUT2D eigenvalue weighted by Crippen LogP contribution is -2.54. The van der Waals surface area contributed by atoms with E-state index in [-0.39, 0.29) is 23.3 Å². The maximum absolute atomic E-state index is 13.1. The molecular formula is C21H31N3O2. The Morgan fingerprint density at radius 2 is 1.73 bits per heavy atom. The summed E-state index contributed by atoms with van der Waals surface area (Å²) in [5.41, 5.74) is 1.35. The molecule has 0 bridgehead atoms. The normalized spacial score (nSPS) is 22.1. The van der Waals surface area contributed by atoms with Crippen molar-refractivity contribution in [3.8, 4) is 0 Å². The molecule has 0 aliphatic carbocycles. The number of hydrogen-bond donors (Lipinski definition) is 0. The number of rotatable bonds is 4. The molecule has 0 N–H and O–H groups in total. The van der Waals surface area contributed by atoms with Crippen molar-refractivity contribution in [1.82, 2.24) is 14.7 Å². The predicted octanol–water partition coefficient (Wildman–Crippen LogP) is 2.37. The first-order valence-electron chi connectivity index (χ1n) is 9.68. The van der Waals surface area contributed by atoms with Crippen molar-refractivity contribution >= 4 is 11.8 Å². The number of likely N-dealkylation sites (tertiary alicyclic amines) is 1. The molecule has 5 nitrogen and oxygen atoms in total. The summed E-state index contributed by atoms with van der Waals surface area (Å²) in [6.45, 7) is 11.7. The van der Waals surface area contributed by atoms with Crippen molar-refractivity contribution < 1.29 is 9.59 Å². The monoisotopic (exact) mass is 357 g/mol. The summed E-state index contributed by atoms with van der Waals surface area (Å²) >= 11 is 0. The third-order valence-corrected chi connectivity index (χ3v) is 5.19. The standard InChI is InChI=1S/C21H31N3O2/c1-21(2,3)16-22-11-13-23(14-12-22)20(26)18-9-10-19(25)24(18)15-17-7-5-4-6-8-17/h4-8,18H,9-16H2,1-3H3. The fraction of sp³-hybridized carbons (Fsp3) is 0.619. The van der Waals surface area contributed by atoms with Gasteiger partial charge in [0.1, 0.15) is 6.04 Å². The summed E-state index contributed by atoms with van der Waals surface area (Å²) in [5.74, 6) is 0.223. The van der Waals surface area contributed by atoms with Gasteiger partial charge in [-0.15, -0.1) is 0 Å². The molecule has 1 aromatic rings. The van der Waals surface area contributed by atoms with Gasteiger partial charge in [-0.3, -0.25) is 14.5 Å². The molecule has 2 fully saturated rings. The second-order valence-corrected chi connectivity index (χ2v) is 8.72. The van der Waals surface area contributed by atoms with Gasteiger partial charge in [0.25, 0.3) is 0 Å². The van der Waals surface area contributed by atoms with Gasteiger partial charge in [0.2, 0.25) is 11.8 Å². The Kier molecular flexibility index (Phi) is 5.66. The fourth-order valence-electron chi connectivity index (χ4n) is 3.98. The van der Waals surface area contributed by atoms with E-state index in [1.165, 1.54) is 0 Å². The molecule has 2 amide bonds. The first-order chi connectivity index (χ1) is 12.3. The topological polar surface area (TPSA) is 43.9 Å². The number of carbonyl (C=O) groups is 2. The number of nitrogens with zero attached hydrogens (tertiary/aromatic N) is 3. The molecule has 0 saturated carbocycles. The first-order valence-corrected chi connectivity index (χ1v) is 9.68. The Hall–Kier alpha value is -1.88. The van der Waals surface area contributed by atoms with Crippen LogP contribution in [0.2, 0.25) is 0 Å². The minimum Gasteiger partial charge on any atom is -0.338 e. The van der Waals surface area contributed by atoms with Crippen LogP contribution in [0.25, 0.3) is 0 Å². The van der Waals surface area contributed by atoms with E-state index in [0.29, 0.717) is 19.4 Å². The quantitative estimate of drug-likeness (QED) is 0.831. The van der Waals surface area contributed by atoms with Crippen LogP contribution in [0.1, 0.15) is 39.2 Å².